The Bertz CT molecular complexity index is 752. The number of fused-ring (bicyclic) bond motifs is 1. The third-order valence-corrected chi connectivity index (χ3v) is 3.84. The number of hydrogen-bond acceptors (Lipinski definition) is 6. The maximum absolute atomic E-state index is 12.6. The van der Waals surface area contributed by atoms with E-state index in [1.807, 2.05) is 0 Å². The van der Waals surface area contributed by atoms with E-state index >= 15 is 0 Å². The van der Waals surface area contributed by atoms with Crippen molar-refractivity contribution in [2.45, 2.75) is 12.0 Å². The molecule has 0 unspecified atom stereocenters. The number of rotatable bonds is 3. The summed E-state index contributed by atoms with van der Waals surface area (Å²) in [6.07, 6.45) is 0.0373. The summed E-state index contributed by atoms with van der Waals surface area (Å²) in [5.41, 5.74) is -1.17. The molecule has 23 heavy (non-hydrogen) atoms. The number of phenols is 2. The maximum Gasteiger partial charge on any atom is 0.205 e. The summed E-state index contributed by atoms with van der Waals surface area (Å²) >= 11 is 0. The van der Waals surface area contributed by atoms with E-state index in [1.54, 1.807) is 31.4 Å². The third kappa shape index (κ3) is 2.68. The number of aromatic hydroxyl groups is 2. The van der Waals surface area contributed by atoms with Crippen molar-refractivity contribution in [2.24, 2.45) is 0 Å². The van der Waals surface area contributed by atoms with Gasteiger partial charge in [-0.05, 0) is 17.7 Å². The SMILES string of the molecule is COc1ccc(C[C@]2(O)COc3cc(O)cc(O)c3C2=O)cc1. The number of Topliss-reactive ketones (excluding diaryl/α,β-unsaturated/α-hetero) is 1. The summed E-state index contributed by atoms with van der Waals surface area (Å²) in [5.74, 6) is -0.531. The minimum atomic E-state index is -1.78. The molecule has 1 aliphatic rings. The molecule has 1 heterocycles. The molecule has 0 bridgehead atoms. The molecule has 1 aliphatic heterocycles. The van der Waals surface area contributed by atoms with E-state index in [2.05, 4.69) is 0 Å². The van der Waals surface area contributed by atoms with Gasteiger partial charge in [-0.3, -0.25) is 4.79 Å². The van der Waals surface area contributed by atoms with Crippen LogP contribution in [-0.2, 0) is 6.42 Å². The lowest BCUT2D eigenvalue weighted by Crippen LogP contribution is -2.49. The van der Waals surface area contributed by atoms with Crippen LogP contribution in [0.25, 0.3) is 0 Å². The number of benzene rings is 2. The largest absolute Gasteiger partial charge is 0.508 e. The molecule has 6 heteroatoms. The first-order chi connectivity index (χ1) is 10.9. The van der Waals surface area contributed by atoms with Gasteiger partial charge in [-0.1, -0.05) is 12.1 Å². The smallest absolute Gasteiger partial charge is 0.205 e. The lowest BCUT2D eigenvalue weighted by atomic mass is 9.85. The molecule has 0 aliphatic carbocycles. The number of phenolic OH excluding ortho intramolecular Hbond substituents is 2. The average Bonchev–Trinajstić information content (AvgIpc) is 2.52. The van der Waals surface area contributed by atoms with Crippen LogP contribution < -0.4 is 9.47 Å². The van der Waals surface area contributed by atoms with Gasteiger partial charge >= 0.3 is 0 Å². The van der Waals surface area contributed by atoms with Crippen LogP contribution in [0.3, 0.4) is 0 Å². The first kappa shape index (κ1) is 15.2. The van der Waals surface area contributed by atoms with Crippen molar-refractivity contribution in [3.05, 3.63) is 47.5 Å². The molecule has 0 fully saturated rings. The highest BCUT2D eigenvalue weighted by Gasteiger charge is 2.44. The van der Waals surface area contributed by atoms with Gasteiger partial charge in [0.1, 0.15) is 35.2 Å². The Hall–Kier alpha value is -2.73. The van der Waals surface area contributed by atoms with E-state index in [1.165, 1.54) is 6.07 Å². The molecule has 2 aromatic rings. The van der Waals surface area contributed by atoms with Crippen molar-refractivity contribution in [1.82, 2.24) is 0 Å². The van der Waals surface area contributed by atoms with Gasteiger partial charge in [0.2, 0.25) is 5.78 Å². The van der Waals surface area contributed by atoms with Gasteiger partial charge in [0.05, 0.1) is 7.11 Å². The van der Waals surface area contributed by atoms with Gasteiger partial charge in [0.15, 0.2) is 5.60 Å². The van der Waals surface area contributed by atoms with Crippen LogP contribution in [-0.4, -0.2) is 40.4 Å². The van der Waals surface area contributed by atoms with Crippen LogP contribution in [0.4, 0.5) is 0 Å². The van der Waals surface area contributed by atoms with Crippen LogP contribution in [0, 0.1) is 0 Å². The molecule has 0 aromatic heterocycles. The van der Waals surface area contributed by atoms with Crippen molar-refractivity contribution >= 4 is 5.78 Å². The summed E-state index contributed by atoms with van der Waals surface area (Å²) in [4.78, 5) is 12.6. The number of methoxy groups -OCH3 is 1. The van der Waals surface area contributed by atoms with Crippen LogP contribution in [0.5, 0.6) is 23.0 Å². The molecule has 6 nitrogen and oxygen atoms in total. The maximum atomic E-state index is 12.6. The Morgan fingerprint density at radius 2 is 1.91 bits per heavy atom. The monoisotopic (exact) mass is 316 g/mol. The zero-order valence-corrected chi connectivity index (χ0v) is 12.4. The summed E-state index contributed by atoms with van der Waals surface area (Å²) in [6, 6.07) is 9.23. The first-order valence-electron chi connectivity index (χ1n) is 7.02. The fourth-order valence-electron chi connectivity index (χ4n) is 2.64. The molecule has 1 atom stereocenters. The summed E-state index contributed by atoms with van der Waals surface area (Å²) < 4.78 is 10.4. The predicted octanol–water partition coefficient (Wildman–Crippen LogP) is 1.66. The quantitative estimate of drug-likeness (QED) is 0.797. The van der Waals surface area contributed by atoms with Gasteiger partial charge in [0.25, 0.3) is 0 Å². The molecule has 0 amide bonds. The van der Waals surface area contributed by atoms with E-state index in [0.29, 0.717) is 5.75 Å². The Balaban J connectivity index is 1.91. The summed E-state index contributed by atoms with van der Waals surface area (Å²) in [6.45, 7) is -0.256. The number of carbonyl (C=O) groups is 1. The Morgan fingerprint density at radius 1 is 1.22 bits per heavy atom. The zero-order valence-electron chi connectivity index (χ0n) is 12.4. The van der Waals surface area contributed by atoms with E-state index in [4.69, 9.17) is 9.47 Å². The molecule has 3 rings (SSSR count). The standard InChI is InChI=1S/C17H16O6/c1-22-12-4-2-10(3-5-12)8-17(21)9-23-14-7-11(18)6-13(19)15(14)16(17)20/h2-7,18-19,21H,8-9H2,1H3/t17-/m0/s1. The molecule has 0 saturated carbocycles. The van der Waals surface area contributed by atoms with Crippen LogP contribution >= 0.6 is 0 Å². The predicted molar refractivity (Wildman–Crippen MR) is 81.2 cm³/mol. The minimum absolute atomic E-state index is 0.0373. The highest BCUT2D eigenvalue weighted by molar-refractivity contribution is 6.08. The van der Waals surface area contributed by atoms with Crippen LogP contribution in [0.15, 0.2) is 36.4 Å². The number of carbonyl (C=O) groups excluding carboxylic acids is 1. The molecule has 0 saturated heterocycles. The minimum Gasteiger partial charge on any atom is -0.508 e. The van der Waals surface area contributed by atoms with Gasteiger partial charge in [-0.2, -0.15) is 0 Å². The third-order valence-electron chi connectivity index (χ3n) is 3.84. The number of ether oxygens (including phenoxy) is 2. The van der Waals surface area contributed by atoms with Gasteiger partial charge in [0, 0.05) is 18.6 Å². The first-order valence-corrected chi connectivity index (χ1v) is 7.02. The molecule has 3 N–H and O–H groups in total. The van der Waals surface area contributed by atoms with E-state index < -0.39 is 17.1 Å². The summed E-state index contributed by atoms with van der Waals surface area (Å²) in [5, 5.41) is 30.0. The van der Waals surface area contributed by atoms with E-state index in [9.17, 15) is 20.1 Å². The average molecular weight is 316 g/mol. The van der Waals surface area contributed by atoms with Crippen molar-refractivity contribution in [3.63, 3.8) is 0 Å². The lowest BCUT2D eigenvalue weighted by molar-refractivity contribution is -0.00240. The highest BCUT2D eigenvalue weighted by atomic mass is 16.5. The zero-order chi connectivity index (χ0) is 16.6. The number of ketones is 1. The van der Waals surface area contributed by atoms with Gasteiger partial charge < -0.3 is 24.8 Å². The lowest BCUT2D eigenvalue weighted by Gasteiger charge is -2.32. The normalized spacial score (nSPS) is 19.8. The van der Waals surface area contributed by atoms with E-state index in [-0.39, 0.29) is 30.1 Å². The fourth-order valence-corrected chi connectivity index (χ4v) is 2.64. The van der Waals surface area contributed by atoms with E-state index in [0.717, 1.165) is 11.6 Å². The van der Waals surface area contributed by atoms with Crippen molar-refractivity contribution < 1.29 is 29.6 Å². The topological polar surface area (TPSA) is 96.2 Å². The molecule has 120 valence electrons. The van der Waals surface area contributed by atoms with Crippen molar-refractivity contribution in [2.75, 3.05) is 13.7 Å². The molecular weight excluding hydrogens is 300 g/mol. The molecule has 2 aromatic carbocycles. The van der Waals surface area contributed by atoms with Gasteiger partial charge in [-0.25, -0.2) is 0 Å². The molecule has 0 spiro atoms. The Kier molecular flexibility index (Phi) is 3.61. The molecular formula is C17H16O6. The second-order valence-corrected chi connectivity index (χ2v) is 5.51. The van der Waals surface area contributed by atoms with Gasteiger partial charge in [-0.15, -0.1) is 0 Å². The second-order valence-electron chi connectivity index (χ2n) is 5.51. The second kappa shape index (κ2) is 5.48. The Morgan fingerprint density at radius 3 is 2.57 bits per heavy atom. The summed E-state index contributed by atoms with van der Waals surface area (Å²) in [7, 11) is 1.55. The number of hydrogen-bond donors (Lipinski definition) is 3. The number of aliphatic hydroxyl groups is 1. The van der Waals surface area contributed by atoms with Crippen molar-refractivity contribution in [1.29, 1.82) is 0 Å². The Labute approximate surface area is 132 Å². The molecule has 0 radical (unpaired) electrons. The van der Waals surface area contributed by atoms with Crippen LogP contribution in [0.2, 0.25) is 0 Å². The fraction of sp³-hybridized carbons (Fsp3) is 0.235. The van der Waals surface area contributed by atoms with Crippen molar-refractivity contribution in [3.8, 4) is 23.0 Å². The van der Waals surface area contributed by atoms with Crippen LogP contribution in [0.1, 0.15) is 15.9 Å². The highest BCUT2D eigenvalue weighted by Crippen LogP contribution is 2.39.